The lowest BCUT2D eigenvalue weighted by molar-refractivity contribution is -0.136. The van der Waals surface area contributed by atoms with E-state index in [-0.39, 0.29) is 41.5 Å². The minimum absolute atomic E-state index is 0.0310. The minimum atomic E-state index is -0.991. The molecule has 3 aromatic carbocycles. The standard InChI is InChI=1S/C41H39N7O7/c1-4-41(5-2,25-8-13-29(14-9-25)54-31-21-42-36(43-22-31)37-44-23(3)55-47-37)24-6-11-28(12-7-24)53-30-18-27(19-30)45-26-10-15-32-33(20-26)40(52)48(39(32)51)34-16-17-35(49)46-38(34)50/h6-15,20-22,27,30,34,45H,4-5,16-19H2,1-3H3,(H,46,49,50)/t27-,30+,34?. The van der Waals surface area contributed by atoms with Crippen LogP contribution in [-0.2, 0) is 15.0 Å². The third-order valence-corrected chi connectivity index (χ3v) is 10.8. The summed E-state index contributed by atoms with van der Waals surface area (Å²) in [7, 11) is 0. The van der Waals surface area contributed by atoms with Crippen molar-refractivity contribution in [2.75, 3.05) is 5.32 Å². The third kappa shape index (κ3) is 6.79. The van der Waals surface area contributed by atoms with Crippen molar-refractivity contribution < 1.29 is 33.2 Å². The number of ether oxygens (including phenoxy) is 2. The van der Waals surface area contributed by atoms with Gasteiger partial charge in [0.05, 0.1) is 23.5 Å². The van der Waals surface area contributed by atoms with E-state index in [2.05, 4.69) is 68.9 Å². The number of aryl methyl sites for hydroxylation is 1. The van der Waals surface area contributed by atoms with Gasteiger partial charge in [0.1, 0.15) is 23.6 Å². The number of benzene rings is 3. The number of fused-ring (bicyclic) bond motifs is 1. The Kier molecular flexibility index (Phi) is 9.33. The van der Waals surface area contributed by atoms with Crippen LogP contribution in [0.5, 0.6) is 17.2 Å². The monoisotopic (exact) mass is 741 g/mol. The molecular weight excluding hydrogens is 702 g/mol. The van der Waals surface area contributed by atoms with Gasteiger partial charge < -0.3 is 19.3 Å². The SMILES string of the molecule is CCC(CC)(c1ccc(Oc2cnc(-c3noc(C)n3)nc2)cc1)c1ccc(O[C@H]2C[C@@H](Nc3ccc4c(c3)C(=O)N(C3CCC(=O)NC3=O)C4=O)C2)cc1. The number of nitrogens with zero attached hydrogens (tertiary/aromatic N) is 5. The summed E-state index contributed by atoms with van der Waals surface area (Å²) in [5.74, 6) is 1.02. The molecule has 0 radical (unpaired) electrons. The Morgan fingerprint density at radius 1 is 0.836 bits per heavy atom. The van der Waals surface area contributed by atoms with Gasteiger partial charge in [-0.3, -0.25) is 29.4 Å². The highest BCUT2D eigenvalue weighted by Crippen LogP contribution is 2.41. The molecule has 14 heteroatoms. The van der Waals surface area contributed by atoms with E-state index < -0.39 is 29.7 Å². The van der Waals surface area contributed by atoms with Crippen LogP contribution >= 0.6 is 0 Å². The first-order chi connectivity index (χ1) is 26.6. The average Bonchev–Trinajstić information content (AvgIpc) is 3.72. The van der Waals surface area contributed by atoms with Gasteiger partial charge >= 0.3 is 0 Å². The lowest BCUT2D eigenvalue weighted by Crippen LogP contribution is -2.54. The summed E-state index contributed by atoms with van der Waals surface area (Å²) in [6, 6.07) is 20.7. The molecule has 2 aliphatic heterocycles. The van der Waals surface area contributed by atoms with Crippen LogP contribution in [0.15, 0.2) is 83.6 Å². The van der Waals surface area contributed by atoms with Gasteiger partial charge in [0, 0.05) is 43.3 Å². The predicted octanol–water partition coefficient (Wildman–Crippen LogP) is 6.16. The van der Waals surface area contributed by atoms with Crippen molar-refractivity contribution in [3.8, 4) is 28.9 Å². The molecule has 8 rings (SSSR count). The summed E-state index contributed by atoms with van der Waals surface area (Å²) < 4.78 is 17.4. The van der Waals surface area contributed by atoms with Crippen molar-refractivity contribution >= 4 is 29.3 Å². The molecule has 1 saturated heterocycles. The third-order valence-electron chi connectivity index (χ3n) is 10.8. The molecule has 2 N–H and O–H groups in total. The molecule has 14 nitrogen and oxygen atoms in total. The molecule has 5 aromatic rings. The van der Waals surface area contributed by atoms with Crippen LogP contribution in [0.2, 0.25) is 0 Å². The quantitative estimate of drug-likeness (QED) is 0.139. The van der Waals surface area contributed by atoms with Crippen molar-refractivity contribution in [2.45, 2.75) is 82.9 Å². The fourth-order valence-corrected chi connectivity index (χ4v) is 7.71. The van der Waals surface area contributed by atoms with Crippen LogP contribution in [0.4, 0.5) is 5.69 Å². The van der Waals surface area contributed by atoms with Gasteiger partial charge in [0.25, 0.3) is 11.8 Å². The van der Waals surface area contributed by atoms with E-state index in [0.717, 1.165) is 36.3 Å². The zero-order valence-electron chi connectivity index (χ0n) is 30.6. The fraction of sp³-hybridized carbons (Fsp3) is 0.317. The summed E-state index contributed by atoms with van der Waals surface area (Å²) in [5, 5.41) is 9.52. The van der Waals surface area contributed by atoms with Crippen LogP contribution in [0.25, 0.3) is 11.6 Å². The molecule has 55 heavy (non-hydrogen) atoms. The first-order valence-corrected chi connectivity index (χ1v) is 18.4. The number of hydrogen-bond acceptors (Lipinski definition) is 12. The molecule has 280 valence electrons. The van der Waals surface area contributed by atoms with E-state index >= 15 is 0 Å². The zero-order chi connectivity index (χ0) is 38.3. The van der Waals surface area contributed by atoms with E-state index in [1.807, 2.05) is 24.3 Å². The first-order valence-electron chi connectivity index (χ1n) is 18.4. The summed E-state index contributed by atoms with van der Waals surface area (Å²) in [6.07, 6.45) is 6.74. The number of carbonyl (C=O) groups excluding carboxylic acids is 4. The van der Waals surface area contributed by atoms with E-state index in [1.54, 1.807) is 37.5 Å². The maximum Gasteiger partial charge on any atom is 0.262 e. The van der Waals surface area contributed by atoms with Crippen molar-refractivity contribution in [3.05, 3.63) is 107 Å². The number of amides is 4. The Labute approximate surface area is 316 Å². The molecular formula is C41H39N7O7. The summed E-state index contributed by atoms with van der Waals surface area (Å²) >= 11 is 0. The Balaban J connectivity index is 0.857. The molecule has 1 saturated carbocycles. The number of rotatable bonds is 12. The van der Waals surface area contributed by atoms with Gasteiger partial charge in [-0.1, -0.05) is 43.3 Å². The fourth-order valence-electron chi connectivity index (χ4n) is 7.71. The topological polar surface area (TPSA) is 179 Å². The summed E-state index contributed by atoms with van der Waals surface area (Å²) in [6.45, 7) is 6.11. The number of hydrogen-bond donors (Lipinski definition) is 2. The van der Waals surface area contributed by atoms with E-state index in [9.17, 15) is 19.2 Å². The molecule has 2 aromatic heterocycles. The van der Waals surface area contributed by atoms with Crippen LogP contribution in [0.3, 0.4) is 0 Å². The number of nitrogens with one attached hydrogen (secondary N) is 2. The number of aromatic nitrogens is 4. The number of anilines is 1. The normalized spacial score (nSPS) is 19.5. The van der Waals surface area contributed by atoms with Gasteiger partial charge in [0.2, 0.25) is 29.4 Å². The van der Waals surface area contributed by atoms with E-state index in [4.69, 9.17) is 14.0 Å². The Hall–Kier alpha value is -6.44. The summed E-state index contributed by atoms with van der Waals surface area (Å²) in [4.78, 5) is 63.9. The second-order valence-electron chi connectivity index (χ2n) is 14.1. The van der Waals surface area contributed by atoms with Crippen molar-refractivity contribution in [3.63, 3.8) is 0 Å². The molecule has 0 bridgehead atoms. The van der Waals surface area contributed by atoms with Crippen LogP contribution in [-0.4, -0.2) is 66.8 Å². The van der Waals surface area contributed by atoms with Crippen LogP contribution in [0, 0.1) is 6.92 Å². The van der Waals surface area contributed by atoms with Gasteiger partial charge in [-0.2, -0.15) is 4.98 Å². The lowest BCUT2D eigenvalue weighted by Gasteiger charge is -2.37. The van der Waals surface area contributed by atoms with Crippen molar-refractivity contribution in [2.24, 2.45) is 0 Å². The highest BCUT2D eigenvalue weighted by molar-refractivity contribution is 6.23. The minimum Gasteiger partial charge on any atom is -0.490 e. The average molecular weight is 742 g/mol. The Morgan fingerprint density at radius 3 is 2.11 bits per heavy atom. The number of piperidine rings is 1. The number of imide groups is 2. The van der Waals surface area contributed by atoms with Gasteiger partial charge in [0.15, 0.2) is 5.75 Å². The molecule has 3 aliphatic rings. The summed E-state index contributed by atoms with van der Waals surface area (Å²) in [5.41, 5.74) is 3.41. The lowest BCUT2D eigenvalue weighted by atomic mass is 9.70. The van der Waals surface area contributed by atoms with Crippen LogP contribution < -0.4 is 20.1 Å². The van der Waals surface area contributed by atoms with E-state index in [1.165, 1.54) is 11.1 Å². The smallest absolute Gasteiger partial charge is 0.262 e. The highest BCUT2D eigenvalue weighted by Gasteiger charge is 2.45. The largest absolute Gasteiger partial charge is 0.490 e. The van der Waals surface area contributed by atoms with Gasteiger partial charge in [-0.05, 0) is 72.9 Å². The molecule has 4 heterocycles. The highest BCUT2D eigenvalue weighted by atomic mass is 16.5. The van der Waals surface area contributed by atoms with Gasteiger partial charge in [-0.25, -0.2) is 9.97 Å². The number of carbonyl (C=O) groups is 4. The van der Waals surface area contributed by atoms with Crippen molar-refractivity contribution in [1.82, 2.24) is 30.3 Å². The van der Waals surface area contributed by atoms with Gasteiger partial charge in [-0.15, -0.1) is 0 Å². The Morgan fingerprint density at radius 2 is 1.49 bits per heavy atom. The second-order valence-corrected chi connectivity index (χ2v) is 14.1. The Bertz CT molecular complexity index is 2260. The predicted molar refractivity (Wildman–Crippen MR) is 199 cm³/mol. The second kappa shape index (κ2) is 14.4. The maximum atomic E-state index is 13.2. The van der Waals surface area contributed by atoms with Crippen LogP contribution in [0.1, 0.15) is 90.1 Å². The molecule has 1 aliphatic carbocycles. The molecule has 2 fully saturated rings. The maximum absolute atomic E-state index is 13.2. The zero-order valence-corrected chi connectivity index (χ0v) is 30.6. The molecule has 1 unspecified atom stereocenters. The molecule has 0 spiro atoms. The molecule has 1 atom stereocenters. The first kappa shape index (κ1) is 35.6. The van der Waals surface area contributed by atoms with E-state index in [0.29, 0.717) is 34.7 Å². The van der Waals surface area contributed by atoms with Crippen molar-refractivity contribution in [1.29, 1.82) is 0 Å². The molecule has 4 amide bonds.